The van der Waals surface area contributed by atoms with E-state index in [0.717, 1.165) is 18.6 Å². The van der Waals surface area contributed by atoms with Crippen LogP contribution in [0, 0.1) is 11.6 Å². The molecule has 2 aromatic rings. The van der Waals surface area contributed by atoms with Crippen molar-refractivity contribution < 1.29 is 13.6 Å². The van der Waals surface area contributed by atoms with Gasteiger partial charge in [0.2, 0.25) is 0 Å². The average Bonchev–Trinajstić information content (AvgIpc) is 2.51. The molecule has 0 saturated carbocycles. The van der Waals surface area contributed by atoms with Crippen LogP contribution in [0.5, 0.6) is 0 Å². The van der Waals surface area contributed by atoms with Gasteiger partial charge in [-0.3, -0.25) is 4.79 Å². The van der Waals surface area contributed by atoms with Crippen LogP contribution in [0.3, 0.4) is 0 Å². The number of nitrogens with one attached hydrogen (secondary N) is 2. The van der Waals surface area contributed by atoms with Crippen molar-refractivity contribution in [2.45, 2.75) is 26.3 Å². The highest BCUT2D eigenvalue weighted by atomic mass is 19.1. The smallest absolute Gasteiger partial charge is 0.270 e. The first-order valence-corrected chi connectivity index (χ1v) is 6.99. The summed E-state index contributed by atoms with van der Waals surface area (Å²) in [7, 11) is 0. The van der Waals surface area contributed by atoms with E-state index >= 15 is 0 Å². The van der Waals surface area contributed by atoms with Crippen LogP contribution in [0.15, 0.2) is 36.5 Å². The van der Waals surface area contributed by atoms with E-state index in [0.29, 0.717) is 5.69 Å². The highest BCUT2D eigenvalue weighted by Crippen LogP contribution is 2.22. The molecule has 2 rings (SSSR count). The Morgan fingerprint density at radius 1 is 1.23 bits per heavy atom. The summed E-state index contributed by atoms with van der Waals surface area (Å²) in [5, 5.41) is 5.41. The van der Waals surface area contributed by atoms with Gasteiger partial charge in [-0.1, -0.05) is 13.0 Å². The molecule has 0 aliphatic carbocycles. The van der Waals surface area contributed by atoms with Gasteiger partial charge >= 0.3 is 0 Å². The Morgan fingerprint density at radius 3 is 2.45 bits per heavy atom. The van der Waals surface area contributed by atoms with Crippen LogP contribution >= 0.6 is 0 Å². The van der Waals surface area contributed by atoms with Gasteiger partial charge in [-0.05, 0) is 37.6 Å². The van der Waals surface area contributed by atoms with Crippen LogP contribution in [-0.2, 0) is 0 Å². The standard InChI is InChI=1S/C16H17F2N3O/c1-3-10(2)20-16(22)14-8-7-11(9-19-14)21-15-12(17)5-4-6-13(15)18/h4-10,21H,3H2,1-2H3,(H,20,22). The van der Waals surface area contributed by atoms with Crippen molar-refractivity contribution in [1.29, 1.82) is 0 Å². The van der Waals surface area contributed by atoms with Gasteiger partial charge in [0.1, 0.15) is 23.0 Å². The Bertz CT molecular complexity index is 639. The summed E-state index contributed by atoms with van der Waals surface area (Å²) in [6.45, 7) is 3.86. The third-order valence-electron chi connectivity index (χ3n) is 3.22. The fraction of sp³-hybridized carbons (Fsp3) is 0.250. The van der Waals surface area contributed by atoms with E-state index in [2.05, 4.69) is 15.6 Å². The number of para-hydroxylation sites is 1. The predicted octanol–water partition coefficient (Wildman–Crippen LogP) is 3.63. The number of hydrogen-bond donors (Lipinski definition) is 2. The van der Waals surface area contributed by atoms with Crippen LogP contribution < -0.4 is 10.6 Å². The minimum Gasteiger partial charge on any atom is -0.349 e. The molecule has 1 heterocycles. The third kappa shape index (κ3) is 3.78. The summed E-state index contributed by atoms with van der Waals surface area (Å²) in [6, 6.07) is 6.71. The first-order chi connectivity index (χ1) is 10.5. The third-order valence-corrected chi connectivity index (χ3v) is 3.22. The molecular weight excluding hydrogens is 288 g/mol. The van der Waals surface area contributed by atoms with Gasteiger partial charge in [0.05, 0.1) is 11.9 Å². The molecule has 1 aromatic heterocycles. The van der Waals surface area contributed by atoms with Gasteiger partial charge in [-0.25, -0.2) is 13.8 Å². The summed E-state index contributed by atoms with van der Waals surface area (Å²) < 4.78 is 27.1. The van der Waals surface area contributed by atoms with Crippen molar-refractivity contribution in [3.63, 3.8) is 0 Å². The maximum Gasteiger partial charge on any atom is 0.270 e. The molecule has 1 atom stereocenters. The quantitative estimate of drug-likeness (QED) is 0.887. The Morgan fingerprint density at radius 2 is 1.91 bits per heavy atom. The van der Waals surface area contributed by atoms with E-state index in [4.69, 9.17) is 0 Å². The highest BCUT2D eigenvalue weighted by Gasteiger charge is 2.11. The molecule has 0 fully saturated rings. The van der Waals surface area contributed by atoms with Crippen molar-refractivity contribution in [2.24, 2.45) is 0 Å². The summed E-state index contributed by atoms with van der Waals surface area (Å²) in [5.74, 6) is -1.67. The number of aromatic nitrogens is 1. The molecular formula is C16H17F2N3O. The second-order valence-corrected chi connectivity index (χ2v) is 4.94. The molecule has 0 aliphatic heterocycles. The number of carbonyl (C=O) groups is 1. The summed E-state index contributed by atoms with van der Waals surface area (Å²) in [5.41, 5.74) is 0.394. The number of hydrogen-bond acceptors (Lipinski definition) is 3. The number of halogens is 2. The number of amides is 1. The second-order valence-electron chi connectivity index (χ2n) is 4.94. The Balaban J connectivity index is 2.11. The summed E-state index contributed by atoms with van der Waals surface area (Å²) in [4.78, 5) is 15.9. The van der Waals surface area contributed by atoms with E-state index in [1.165, 1.54) is 18.3 Å². The largest absolute Gasteiger partial charge is 0.349 e. The van der Waals surface area contributed by atoms with Crippen molar-refractivity contribution >= 4 is 17.3 Å². The molecule has 6 heteroatoms. The van der Waals surface area contributed by atoms with Crippen LogP contribution in [0.2, 0.25) is 0 Å². The van der Waals surface area contributed by atoms with Crippen molar-refractivity contribution in [2.75, 3.05) is 5.32 Å². The fourth-order valence-electron chi connectivity index (χ4n) is 1.76. The number of rotatable bonds is 5. The zero-order valence-electron chi connectivity index (χ0n) is 12.4. The zero-order valence-corrected chi connectivity index (χ0v) is 12.4. The first kappa shape index (κ1) is 15.9. The Hall–Kier alpha value is -2.50. The maximum absolute atomic E-state index is 13.5. The number of pyridine rings is 1. The maximum atomic E-state index is 13.5. The first-order valence-electron chi connectivity index (χ1n) is 6.99. The molecule has 2 N–H and O–H groups in total. The molecule has 0 saturated heterocycles. The summed E-state index contributed by atoms with van der Waals surface area (Å²) >= 11 is 0. The van der Waals surface area contributed by atoms with Crippen LogP contribution in [0.4, 0.5) is 20.2 Å². The molecule has 1 aromatic carbocycles. The van der Waals surface area contributed by atoms with Gasteiger partial charge < -0.3 is 10.6 Å². The topological polar surface area (TPSA) is 54.0 Å². The van der Waals surface area contributed by atoms with E-state index in [1.807, 2.05) is 13.8 Å². The minimum atomic E-state index is -0.696. The highest BCUT2D eigenvalue weighted by molar-refractivity contribution is 5.92. The predicted molar refractivity (Wildman–Crippen MR) is 81.1 cm³/mol. The SMILES string of the molecule is CCC(C)NC(=O)c1ccc(Nc2c(F)cccc2F)cn1. The zero-order chi connectivity index (χ0) is 16.1. The minimum absolute atomic E-state index is 0.0552. The van der Waals surface area contributed by atoms with E-state index < -0.39 is 11.6 Å². The van der Waals surface area contributed by atoms with Gasteiger partial charge in [-0.2, -0.15) is 0 Å². The molecule has 1 amide bonds. The molecule has 0 aliphatic rings. The lowest BCUT2D eigenvalue weighted by Gasteiger charge is -2.11. The molecule has 1 unspecified atom stereocenters. The average molecular weight is 305 g/mol. The van der Waals surface area contributed by atoms with Crippen LogP contribution in [-0.4, -0.2) is 16.9 Å². The van der Waals surface area contributed by atoms with E-state index in [1.54, 1.807) is 6.07 Å². The lowest BCUT2D eigenvalue weighted by Crippen LogP contribution is -2.32. The number of carbonyl (C=O) groups excluding carboxylic acids is 1. The van der Waals surface area contributed by atoms with Gasteiger partial charge in [0.15, 0.2) is 0 Å². The monoisotopic (exact) mass is 305 g/mol. The Labute approximate surface area is 127 Å². The molecule has 0 radical (unpaired) electrons. The summed E-state index contributed by atoms with van der Waals surface area (Å²) in [6.07, 6.45) is 2.18. The van der Waals surface area contributed by atoms with Gasteiger partial charge in [-0.15, -0.1) is 0 Å². The van der Waals surface area contributed by atoms with E-state index in [-0.39, 0.29) is 23.3 Å². The second kappa shape index (κ2) is 6.98. The van der Waals surface area contributed by atoms with Gasteiger partial charge in [0, 0.05) is 6.04 Å². The van der Waals surface area contributed by atoms with Gasteiger partial charge in [0.25, 0.3) is 5.91 Å². The normalized spacial score (nSPS) is 11.8. The fourth-order valence-corrected chi connectivity index (χ4v) is 1.76. The number of anilines is 2. The molecule has 0 bridgehead atoms. The van der Waals surface area contributed by atoms with Crippen molar-refractivity contribution in [1.82, 2.24) is 10.3 Å². The lowest BCUT2D eigenvalue weighted by molar-refractivity contribution is 0.0934. The molecule has 22 heavy (non-hydrogen) atoms. The van der Waals surface area contributed by atoms with Crippen molar-refractivity contribution in [3.8, 4) is 0 Å². The van der Waals surface area contributed by atoms with Crippen molar-refractivity contribution in [3.05, 3.63) is 53.9 Å². The molecule has 4 nitrogen and oxygen atoms in total. The molecule has 0 spiro atoms. The van der Waals surface area contributed by atoms with Crippen LogP contribution in [0.1, 0.15) is 30.8 Å². The number of nitrogens with zero attached hydrogens (tertiary/aromatic N) is 1. The Kier molecular flexibility index (Phi) is 5.04. The lowest BCUT2D eigenvalue weighted by atomic mass is 10.2. The number of benzene rings is 1. The molecule has 116 valence electrons. The van der Waals surface area contributed by atoms with E-state index in [9.17, 15) is 13.6 Å². The van der Waals surface area contributed by atoms with Crippen LogP contribution in [0.25, 0.3) is 0 Å².